The van der Waals surface area contributed by atoms with E-state index in [1.54, 1.807) is 30.3 Å². The molecule has 0 bridgehead atoms. The van der Waals surface area contributed by atoms with Crippen LogP contribution in [0.3, 0.4) is 0 Å². The quantitative estimate of drug-likeness (QED) is 0.132. The molecule has 0 aromatic heterocycles. The molecular formula is C48H54N4O9S. The molecule has 13 nitrogen and oxygen atoms in total. The summed E-state index contributed by atoms with van der Waals surface area (Å²) in [5, 5.41) is 2.42. The van der Waals surface area contributed by atoms with Crippen LogP contribution in [-0.2, 0) is 26.0 Å². The molecule has 4 aromatic rings. The van der Waals surface area contributed by atoms with Gasteiger partial charge in [-0.05, 0) is 135 Å². The van der Waals surface area contributed by atoms with Crippen LogP contribution in [-0.4, -0.2) is 93.8 Å². The number of benzene rings is 4. The molecule has 0 aliphatic carbocycles. The lowest BCUT2D eigenvalue weighted by molar-refractivity contribution is -0.134. The van der Waals surface area contributed by atoms with Crippen molar-refractivity contribution in [2.45, 2.75) is 64.0 Å². The Labute approximate surface area is 363 Å². The summed E-state index contributed by atoms with van der Waals surface area (Å²) in [5.41, 5.74) is 4.03. The van der Waals surface area contributed by atoms with E-state index in [4.69, 9.17) is 14.2 Å². The number of methoxy groups -OCH3 is 1. The molecule has 62 heavy (non-hydrogen) atoms. The van der Waals surface area contributed by atoms with Gasteiger partial charge in [0.25, 0.3) is 11.8 Å². The van der Waals surface area contributed by atoms with Gasteiger partial charge in [0.2, 0.25) is 11.8 Å². The van der Waals surface area contributed by atoms with Crippen LogP contribution in [0.1, 0.15) is 94.8 Å². The zero-order valence-corrected chi connectivity index (χ0v) is 36.3. The topological polar surface area (TPSA) is 152 Å². The number of ether oxygens (including phenoxy) is 3. The first-order valence-corrected chi connectivity index (χ1v) is 23.6. The standard InChI is InChI=1S/C48H54N4O9S/c1-4-60-44-27-35(9-17-43(44)59-2)42(30-62(3,57)58)52-47(55)40-15-10-36(28-41(40)48(52)56)51-25-21-33(22-26-51)32-19-23-50(24-20-32)29-31-5-11-37(12-6-31)61-38-13-7-34(8-14-38)39-16-18-45(53)49-46(39)54/h5-15,17,27-28,32-33,39,42H,4,16,18-26,29-30H2,1-3H3,(H,49,53,54)/t39?,42-/m1/s1. The van der Waals surface area contributed by atoms with Crippen molar-refractivity contribution in [3.63, 3.8) is 0 Å². The van der Waals surface area contributed by atoms with Crippen LogP contribution in [0.2, 0.25) is 0 Å². The average molecular weight is 863 g/mol. The molecule has 8 rings (SSSR count). The summed E-state index contributed by atoms with van der Waals surface area (Å²) >= 11 is 0. The van der Waals surface area contributed by atoms with Gasteiger partial charge in [-0.25, -0.2) is 8.42 Å². The van der Waals surface area contributed by atoms with Gasteiger partial charge in [-0.2, -0.15) is 0 Å². The Kier molecular flexibility index (Phi) is 12.7. The number of imide groups is 2. The summed E-state index contributed by atoms with van der Waals surface area (Å²) in [6.07, 6.45) is 6.38. The van der Waals surface area contributed by atoms with Crippen LogP contribution in [0.15, 0.2) is 84.9 Å². The van der Waals surface area contributed by atoms with Crippen molar-refractivity contribution in [2.24, 2.45) is 11.8 Å². The van der Waals surface area contributed by atoms with Crippen molar-refractivity contribution in [3.8, 4) is 23.0 Å². The number of carbonyl (C=O) groups is 4. The summed E-state index contributed by atoms with van der Waals surface area (Å²) in [6.45, 7) is 6.87. The minimum Gasteiger partial charge on any atom is -0.493 e. The highest BCUT2D eigenvalue weighted by molar-refractivity contribution is 7.90. The summed E-state index contributed by atoms with van der Waals surface area (Å²) in [7, 11) is -2.09. The summed E-state index contributed by atoms with van der Waals surface area (Å²) in [4.78, 5) is 57.5. The number of fused-ring (bicyclic) bond motifs is 1. The normalized spacial score (nSPS) is 19.6. The van der Waals surface area contributed by atoms with E-state index in [0.29, 0.717) is 59.7 Å². The van der Waals surface area contributed by atoms with E-state index in [1.807, 2.05) is 49.4 Å². The monoisotopic (exact) mass is 862 g/mol. The van der Waals surface area contributed by atoms with Gasteiger partial charge in [0.05, 0.1) is 42.6 Å². The number of hydrogen-bond acceptors (Lipinski definition) is 11. The fraction of sp³-hybridized carbons (Fsp3) is 0.417. The van der Waals surface area contributed by atoms with Crippen LogP contribution >= 0.6 is 0 Å². The highest BCUT2D eigenvalue weighted by Crippen LogP contribution is 2.39. The Morgan fingerprint density at radius 2 is 1.39 bits per heavy atom. The third kappa shape index (κ3) is 9.51. The zero-order valence-electron chi connectivity index (χ0n) is 35.5. The fourth-order valence-electron chi connectivity index (χ4n) is 9.55. The lowest BCUT2D eigenvalue weighted by atomic mass is 9.78. The van der Waals surface area contributed by atoms with Crippen LogP contribution in [0.25, 0.3) is 0 Å². The molecule has 2 atom stereocenters. The van der Waals surface area contributed by atoms with Crippen molar-refractivity contribution in [3.05, 3.63) is 113 Å². The number of hydrogen-bond donors (Lipinski definition) is 1. The fourth-order valence-corrected chi connectivity index (χ4v) is 10.5. The summed E-state index contributed by atoms with van der Waals surface area (Å²) < 4.78 is 42.5. The van der Waals surface area contributed by atoms with Crippen molar-refractivity contribution in [1.29, 1.82) is 0 Å². The van der Waals surface area contributed by atoms with Gasteiger partial charge in [0.15, 0.2) is 11.5 Å². The Hall–Kier alpha value is -5.73. The van der Waals surface area contributed by atoms with Gasteiger partial charge >= 0.3 is 0 Å². The molecule has 0 spiro atoms. The Balaban J connectivity index is 0.824. The van der Waals surface area contributed by atoms with Crippen molar-refractivity contribution < 1.29 is 41.8 Å². The van der Waals surface area contributed by atoms with Crippen molar-refractivity contribution in [2.75, 3.05) is 56.8 Å². The van der Waals surface area contributed by atoms with E-state index in [1.165, 1.54) is 12.7 Å². The largest absolute Gasteiger partial charge is 0.493 e. The molecule has 4 aromatic carbocycles. The van der Waals surface area contributed by atoms with Gasteiger partial charge in [-0.15, -0.1) is 0 Å². The second-order valence-corrected chi connectivity index (χ2v) is 19.1. The van der Waals surface area contributed by atoms with Gasteiger partial charge in [-0.3, -0.25) is 34.3 Å². The van der Waals surface area contributed by atoms with E-state index in [9.17, 15) is 27.6 Å². The minimum atomic E-state index is -3.60. The second kappa shape index (κ2) is 18.3. The molecule has 0 radical (unpaired) electrons. The molecule has 4 heterocycles. The molecule has 14 heteroatoms. The highest BCUT2D eigenvalue weighted by Gasteiger charge is 2.43. The molecule has 4 amide bonds. The number of nitrogens with one attached hydrogen (secondary N) is 1. The lowest BCUT2D eigenvalue weighted by Gasteiger charge is -2.41. The van der Waals surface area contributed by atoms with E-state index in [0.717, 1.165) is 86.6 Å². The number of amides is 4. The molecule has 0 saturated carbocycles. The molecule has 3 saturated heterocycles. The number of nitrogens with zero attached hydrogens (tertiary/aromatic N) is 3. The Morgan fingerprint density at radius 1 is 0.742 bits per heavy atom. The maximum Gasteiger partial charge on any atom is 0.262 e. The minimum absolute atomic E-state index is 0.219. The number of sulfone groups is 1. The molecule has 1 N–H and O–H groups in total. The predicted molar refractivity (Wildman–Crippen MR) is 235 cm³/mol. The van der Waals surface area contributed by atoms with Gasteiger partial charge < -0.3 is 19.1 Å². The first-order chi connectivity index (χ1) is 29.9. The summed E-state index contributed by atoms with van der Waals surface area (Å²) in [6, 6.07) is 25.0. The second-order valence-electron chi connectivity index (χ2n) is 16.9. The van der Waals surface area contributed by atoms with Crippen LogP contribution in [0.5, 0.6) is 23.0 Å². The molecule has 4 aliphatic heterocycles. The zero-order chi connectivity index (χ0) is 43.5. The van der Waals surface area contributed by atoms with E-state index in [2.05, 4.69) is 27.2 Å². The van der Waals surface area contributed by atoms with Crippen molar-refractivity contribution in [1.82, 2.24) is 15.1 Å². The molecule has 1 unspecified atom stereocenters. The maximum absolute atomic E-state index is 14.0. The van der Waals surface area contributed by atoms with Crippen molar-refractivity contribution >= 4 is 39.2 Å². The lowest BCUT2D eigenvalue weighted by Crippen LogP contribution is -2.40. The molecule has 4 aliphatic rings. The van der Waals surface area contributed by atoms with Gasteiger partial charge in [0.1, 0.15) is 21.3 Å². The first-order valence-electron chi connectivity index (χ1n) is 21.6. The first kappa shape index (κ1) is 42.9. The molecule has 326 valence electrons. The third-order valence-corrected chi connectivity index (χ3v) is 13.8. The maximum atomic E-state index is 14.0. The summed E-state index contributed by atoms with van der Waals surface area (Å²) in [5.74, 6) is 1.37. The average Bonchev–Trinajstić information content (AvgIpc) is 3.51. The van der Waals surface area contributed by atoms with E-state index < -0.39 is 33.4 Å². The van der Waals surface area contributed by atoms with E-state index >= 15 is 0 Å². The number of likely N-dealkylation sites (tertiary alicyclic amines) is 1. The number of carbonyl (C=O) groups excluding carboxylic acids is 4. The third-order valence-electron chi connectivity index (χ3n) is 12.8. The Morgan fingerprint density at radius 3 is 2.02 bits per heavy atom. The Bertz CT molecular complexity index is 2420. The smallest absolute Gasteiger partial charge is 0.262 e. The van der Waals surface area contributed by atoms with Gasteiger partial charge in [-0.1, -0.05) is 30.3 Å². The predicted octanol–water partition coefficient (Wildman–Crippen LogP) is 6.92. The van der Waals surface area contributed by atoms with Crippen LogP contribution in [0.4, 0.5) is 5.69 Å². The van der Waals surface area contributed by atoms with E-state index in [-0.39, 0.29) is 23.3 Å². The van der Waals surface area contributed by atoms with Gasteiger partial charge in [0, 0.05) is 38.0 Å². The number of anilines is 1. The molecule has 3 fully saturated rings. The van der Waals surface area contributed by atoms with Crippen LogP contribution < -0.4 is 24.4 Å². The van der Waals surface area contributed by atoms with Crippen LogP contribution in [0, 0.1) is 11.8 Å². The SMILES string of the molecule is CCOc1cc([C@@H](CS(C)(=O)=O)N2C(=O)c3ccc(N4CCC(C5CCN(Cc6ccc(Oc7ccc(C8CCC(=O)NC8=O)cc7)cc6)CC5)CC4)cc3C2=O)ccc1OC. The highest BCUT2D eigenvalue weighted by atomic mass is 32.2. The number of piperidine rings is 3. The number of rotatable bonds is 14. The molecular weight excluding hydrogens is 809 g/mol.